The molecule has 2 heterocycles. The molecule has 0 amide bonds. The number of aliphatic carboxylic acids is 1. The number of aromatic nitrogens is 2. The van der Waals surface area contributed by atoms with Crippen LogP contribution in [0.1, 0.15) is 0 Å². The molecular formula is C17H11Cl2N3O3. The lowest BCUT2D eigenvalue weighted by Gasteiger charge is -2.02. The first kappa shape index (κ1) is 17.0. The molecule has 0 bridgehead atoms. The van der Waals surface area contributed by atoms with E-state index >= 15 is 0 Å². The van der Waals surface area contributed by atoms with Crippen LogP contribution in [0.2, 0.25) is 10.0 Å². The van der Waals surface area contributed by atoms with Crippen molar-refractivity contribution in [1.29, 1.82) is 0 Å². The van der Waals surface area contributed by atoms with Gasteiger partial charge in [-0.05, 0) is 24.3 Å². The highest BCUT2D eigenvalue weighted by atomic mass is 35.5. The number of hydrogen-bond donors (Lipinski definition) is 2. The summed E-state index contributed by atoms with van der Waals surface area (Å²) in [5, 5.41) is 16.4. The molecule has 0 unspecified atom stereocenters. The Hall–Kier alpha value is -2.83. The summed E-state index contributed by atoms with van der Waals surface area (Å²) < 4.78 is 5.34. The van der Waals surface area contributed by atoms with E-state index in [0.717, 1.165) is 6.08 Å². The van der Waals surface area contributed by atoms with E-state index in [2.05, 4.69) is 15.5 Å². The third-order valence-corrected chi connectivity index (χ3v) is 3.85. The third-order valence-electron chi connectivity index (χ3n) is 3.22. The standard InChI is InChI=1S/C17H11Cl2N3O3/c18-11-2-1-3-12(19)17(11)14-9-15(25-22-14)13-8-10(4-6-21-13)20-7-5-16(23)24/h1-9H,(H,20,21)(H,23,24)/b7-5+. The Balaban J connectivity index is 1.89. The van der Waals surface area contributed by atoms with Gasteiger partial charge in [0.15, 0.2) is 5.76 Å². The molecule has 2 aromatic heterocycles. The Kier molecular flexibility index (Phi) is 5.02. The molecule has 0 aliphatic heterocycles. The number of nitrogens with one attached hydrogen (secondary N) is 1. The van der Waals surface area contributed by atoms with Crippen molar-refractivity contribution in [1.82, 2.24) is 10.1 Å². The second-order valence-corrected chi connectivity index (χ2v) is 5.73. The molecule has 0 saturated carbocycles. The van der Waals surface area contributed by atoms with E-state index in [1.165, 1.54) is 6.20 Å². The number of carbonyl (C=O) groups is 1. The number of carboxylic acid groups (broad SMARTS) is 1. The lowest BCUT2D eigenvalue weighted by atomic mass is 10.1. The van der Waals surface area contributed by atoms with Crippen LogP contribution in [0.3, 0.4) is 0 Å². The van der Waals surface area contributed by atoms with Gasteiger partial charge in [-0.1, -0.05) is 34.4 Å². The molecule has 0 aliphatic rings. The molecule has 0 fully saturated rings. The maximum Gasteiger partial charge on any atom is 0.329 e. The number of hydrogen-bond acceptors (Lipinski definition) is 5. The van der Waals surface area contributed by atoms with E-state index < -0.39 is 5.97 Å². The Morgan fingerprint density at radius 1 is 1.16 bits per heavy atom. The zero-order valence-electron chi connectivity index (χ0n) is 12.6. The van der Waals surface area contributed by atoms with Gasteiger partial charge in [-0.3, -0.25) is 4.98 Å². The van der Waals surface area contributed by atoms with Crippen LogP contribution in [0, 0.1) is 0 Å². The second-order valence-electron chi connectivity index (χ2n) is 4.92. The zero-order chi connectivity index (χ0) is 17.8. The monoisotopic (exact) mass is 375 g/mol. The Labute approximate surface area is 152 Å². The molecule has 3 aromatic rings. The minimum atomic E-state index is -1.04. The van der Waals surface area contributed by atoms with E-state index in [-0.39, 0.29) is 0 Å². The average molecular weight is 376 g/mol. The van der Waals surface area contributed by atoms with Crippen LogP contribution in [0.5, 0.6) is 0 Å². The van der Waals surface area contributed by atoms with E-state index in [1.54, 1.807) is 42.6 Å². The molecule has 0 atom stereocenters. The number of pyridine rings is 1. The molecule has 126 valence electrons. The van der Waals surface area contributed by atoms with Gasteiger partial charge in [0.25, 0.3) is 0 Å². The third kappa shape index (κ3) is 3.99. The van der Waals surface area contributed by atoms with E-state index in [4.69, 9.17) is 32.8 Å². The summed E-state index contributed by atoms with van der Waals surface area (Å²) in [6, 6.07) is 10.3. The second kappa shape index (κ2) is 7.38. The molecule has 0 radical (unpaired) electrons. The van der Waals surface area contributed by atoms with Crippen molar-refractivity contribution < 1.29 is 14.4 Å². The Morgan fingerprint density at radius 3 is 2.64 bits per heavy atom. The summed E-state index contributed by atoms with van der Waals surface area (Å²) in [4.78, 5) is 14.7. The van der Waals surface area contributed by atoms with Crippen molar-refractivity contribution >= 4 is 34.9 Å². The fourth-order valence-corrected chi connectivity index (χ4v) is 2.71. The van der Waals surface area contributed by atoms with Gasteiger partial charge >= 0.3 is 5.97 Å². The fraction of sp³-hybridized carbons (Fsp3) is 0. The van der Waals surface area contributed by atoms with Crippen molar-refractivity contribution in [2.24, 2.45) is 0 Å². The normalized spacial score (nSPS) is 11.0. The van der Waals surface area contributed by atoms with Gasteiger partial charge in [0.05, 0.1) is 10.0 Å². The van der Waals surface area contributed by atoms with E-state index in [1.807, 2.05) is 0 Å². The number of carboxylic acids is 1. The molecule has 2 N–H and O–H groups in total. The number of anilines is 1. The van der Waals surface area contributed by atoms with Gasteiger partial charge in [0, 0.05) is 35.8 Å². The Morgan fingerprint density at radius 2 is 1.92 bits per heavy atom. The van der Waals surface area contributed by atoms with Gasteiger partial charge in [-0.25, -0.2) is 4.79 Å². The van der Waals surface area contributed by atoms with E-state index in [0.29, 0.717) is 38.4 Å². The average Bonchev–Trinajstić information content (AvgIpc) is 3.04. The summed E-state index contributed by atoms with van der Waals surface area (Å²) in [6.45, 7) is 0. The molecule has 25 heavy (non-hydrogen) atoms. The molecule has 0 saturated heterocycles. The number of benzene rings is 1. The highest BCUT2D eigenvalue weighted by Gasteiger charge is 2.15. The van der Waals surface area contributed by atoms with Crippen molar-refractivity contribution in [2.45, 2.75) is 0 Å². The molecule has 0 spiro atoms. The van der Waals surface area contributed by atoms with Crippen LogP contribution in [-0.4, -0.2) is 21.2 Å². The largest absolute Gasteiger partial charge is 0.478 e. The van der Waals surface area contributed by atoms with Crippen LogP contribution in [0.15, 0.2) is 59.4 Å². The minimum Gasteiger partial charge on any atom is -0.478 e. The topological polar surface area (TPSA) is 88.2 Å². The fourth-order valence-electron chi connectivity index (χ4n) is 2.12. The van der Waals surface area contributed by atoms with Gasteiger partial charge in [0.2, 0.25) is 0 Å². The number of nitrogens with zero attached hydrogens (tertiary/aromatic N) is 2. The predicted octanol–water partition coefficient (Wildman–Crippen LogP) is 4.72. The maximum atomic E-state index is 10.5. The zero-order valence-corrected chi connectivity index (χ0v) is 14.1. The molecule has 3 rings (SSSR count). The number of halogens is 2. The van der Waals surface area contributed by atoms with Crippen LogP contribution >= 0.6 is 23.2 Å². The first-order valence-electron chi connectivity index (χ1n) is 7.08. The predicted molar refractivity (Wildman–Crippen MR) is 95.6 cm³/mol. The molecular weight excluding hydrogens is 365 g/mol. The van der Waals surface area contributed by atoms with Crippen molar-refractivity contribution in [3.63, 3.8) is 0 Å². The van der Waals surface area contributed by atoms with Crippen LogP contribution in [-0.2, 0) is 4.79 Å². The lowest BCUT2D eigenvalue weighted by molar-refractivity contribution is -0.131. The highest BCUT2D eigenvalue weighted by molar-refractivity contribution is 6.39. The minimum absolute atomic E-state index is 0.428. The summed E-state index contributed by atoms with van der Waals surface area (Å²) in [5.74, 6) is -0.616. The van der Waals surface area contributed by atoms with E-state index in [9.17, 15) is 4.79 Å². The molecule has 8 heteroatoms. The van der Waals surface area contributed by atoms with Gasteiger partial charge in [0.1, 0.15) is 11.4 Å². The maximum absolute atomic E-state index is 10.5. The van der Waals surface area contributed by atoms with Crippen LogP contribution < -0.4 is 5.32 Å². The summed E-state index contributed by atoms with van der Waals surface area (Å²) in [7, 11) is 0. The first-order chi connectivity index (χ1) is 12.0. The molecule has 0 aliphatic carbocycles. The summed E-state index contributed by atoms with van der Waals surface area (Å²) >= 11 is 12.4. The van der Waals surface area contributed by atoms with Crippen LogP contribution in [0.4, 0.5) is 5.69 Å². The molecule has 6 nitrogen and oxygen atoms in total. The summed E-state index contributed by atoms with van der Waals surface area (Å²) in [5.41, 5.74) is 2.25. The highest BCUT2D eigenvalue weighted by Crippen LogP contribution is 2.35. The SMILES string of the molecule is O=C(O)/C=C/Nc1ccnc(-c2cc(-c3c(Cl)cccc3Cl)no2)c1. The van der Waals surface area contributed by atoms with Gasteiger partial charge < -0.3 is 14.9 Å². The van der Waals surface area contributed by atoms with Crippen molar-refractivity contribution in [3.05, 3.63) is 64.9 Å². The van der Waals surface area contributed by atoms with Crippen molar-refractivity contribution in [2.75, 3.05) is 5.32 Å². The Bertz CT molecular complexity index is 934. The molecule has 1 aromatic carbocycles. The smallest absolute Gasteiger partial charge is 0.329 e. The van der Waals surface area contributed by atoms with Crippen molar-refractivity contribution in [3.8, 4) is 22.7 Å². The number of rotatable bonds is 5. The quantitative estimate of drug-likeness (QED) is 0.627. The van der Waals surface area contributed by atoms with Gasteiger partial charge in [-0.15, -0.1) is 0 Å². The van der Waals surface area contributed by atoms with Crippen LogP contribution in [0.25, 0.3) is 22.7 Å². The van der Waals surface area contributed by atoms with Gasteiger partial charge in [-0.2, -0.15) is 0 Å². The first-order valence-corrected chi connectivity index (χ1v) is 7.84. The summed E-state index contributed by atoms with van der Waals surface area (Å²) in [6.07, 6.45) is 3.87. The lowest BCUT2D eigenvalue weighted by Crippen LogP contribution is -1.93.